The Morgan fingerprint density at radius 2 is 2.04 bits per heavy atom. The minimum absolute atomic E-state index is 0.146. The van der Waals surface area contributed by atoms with Crippen molar-refractivity contribution in [1.29, 1.82) is 0 Å². The number of benzene rings is 1. The molecule has 7 nitrogen and oxygen atoms in total. The topological polar surface area (TPSA) is 97.0 Å². The Kier molecular flexibility index (Phi) is 7.21. The lowest BCUT2D eigenvalue weighted by atomic mass is 10.1. The van der Waals surface area contributed by atoms with E-state index in [1.165, 1.54) is 12.1 Å². The maximum atomic E-state index is 12.9. The van der Waals surface area contributed by atoms with Gasteiger partial charge in [-0.1, -0.05) is 12.1 Å². The standard InChI is InChI=1S/C17H21FN4O3/c1-25-10-2-9-19-16(23)8-7-14-17(24)20-15(22-21-14)11-12-3-5-13(18)6-4-12/h3-6H,2,7-11H2,1H3,(H,19,23)(H,20,22,24). The molecule has 0 spiro atoms. The van der Waals surface area contributed by atoms with Crippen LogP contribution in [-0.2, 0) is 22.4 Å². The molecule has 25 heavy (non-hydrogen) atoms. The van der Waals surface area contributed by atoms with Crippen molar-refractivity contribution in [2.45, 2.75) is 25.7 Å². The van der Waals surface area contributed by atoms with Gasteiger partial charge in [0.1, 0.15) is 17.3 Å². The third kappa shape index (κ3) is 6.42. The van der Waals surface area contributed by atoms with Gasteiger partial charge < -0.3 is 15.0 Å². The van der Waals surface area contributed by atoms with Gasteiger partial charge in [-0.05, 0) is 24.1 Å². The lowest BCUT2D eigenvalue weighted by Crippen LogP contribution is -2.27. The van der Waals surface area contributed by atoms with Gasteiger partial charge >= 0.3 is 0 Å². The van der Waals surface area contributed by atoms with Crippen LogP contribution in [0.5, 0.6) is 0 Å². The predicted octanol–water partition coefficient (Wildman–Crippen LogP) is 0.980. The highest BCUT2D eigenvalue weighted by Gasteiger charge is 2.09. The first kappa shape index (κ1) is 18.7. The van der Waals surface area contributed by atoms with Gasteiger partial charge in [-0.3, -0.25) is 9.59 Å². The van der Waals surface area contributed by atoms with Gasteiger partial charge in [0, 0.05) is 39.5 Å². The third-order valence-corrected chi connectivity index (χ3v) is 3.53. The first-order chi connectivity index (χ1) is 12.1. The number of methoxy groups -OCH3 is 1. The molecule has 1 amide bonds. The minimum Gasteiger partial charge on any atom is -0.385 e. The average molecular weight is 348 g/mol. The van der Waals surface area contributed by atoms with E-state index in [0.29, 0.717) is 25.4 Å². The largest absolute Gasteiger partial charge is 0.385 e. The molecule has 134 valence electrons. The second-order valence-corrected chi connectivity index (χ2v) is 5.55. The summed E-state index contributed by atoms with van der Waals surface area (Å²) in [6.07, 6.45) is 1.47. The van der Waals surface area contributed by atoms with Crippen molar-refractivity contribution >= 4 is 5.91 Å². The second-order valence-electron chi connectivity index (χ2n) is 5.55. The maximum Gasteiger partial charge on any atom is 0.272 e. The van der Waals surface area contributed by atoms with Crippen molar-refractivity contribution in [3.63, 3.8) is 0 Å². The van der Waals surface area contributed by atoms with E-state index in [-0.39, 0.29) is 35.8 Å². The van der Waals surface area contributed by atoms with E-state index in [4.69, 9.17) is 4.74 Å². The monoisotopic (exact) mass is 348 g/mol. The normalized spacial score (nSPS) is 10.6. The van der Waals surface area contributed by atoms with Crippen LogP contribution in [0.1, 0.15) is 29.9 Å². The highest BCUT2D eigenvalue weighted by Crippen LogP contribution is 2.06. The Morgan fingerprint density at radius 3 is 2.72 bits per heavy atom. The number of hydrogen-bond donors (Lipinski definition) is 2. The number of hydrogen-bond acceptors (Lipinski definition) is 5. The molecular formula is C17H21FN4O3. The summed E-state index contributed by atoms with van der Waals surface area (Å²) in [6, 6.07) is 5.94. The van der Waals surface area contributed by atoms with Gasteiger partial charge in [-0.15, -0.1) is 10.2 Å². The maximum absolute atomic E-state index is 12.9. The predicted molar refractivity (Wildman–Crippen MR) is 89.7 cm³/mol. The van der Waals surface area contributed by atoms with Crippen LogP contribution < -0.4 is 10.9 Å². The molecule has 0 atom stereocenters. The van der Waals surface area contributed by atoms with Gasteiger partial charge in [0.25, 0.3) is 5.56 Å². The molecule has 0 saturated carbocycles. The number of aromatic nitrogens is 3. The number of H-pyrrole nitrogens is 1. The molecule has 0 bridgehead atoms. The fourth-order valence-corrected chi connectivity index (χ4v) is 2.20. The smallest absolute Gasteiger partial charge is 0.272 e. The van der Waals surface area contributed by atoms with E-state index in [0.717, 1.165) is 12.0 Å². The van der Waals surface area contributed by atoms with E-state index in [9.17, 15) is 14.0 Å². The summed E-state index contributed by atoms with van der Waals surface area (Å²) in [6.45, 7) is 1.12. The van der Waals surface area contributed by atoms with Crippen molar-refractivity contribution < 1.29 is 13.9 Å². The number of aromatic amines is 1. The van der Waals surface area contributed by atoms with Crippen LogP contribution in [0.25, 0.3) is 0 Å². The van der Waals surface area contributed by atoms with Gasteiger partial charge in [-0.2, -0.15) is 0 Å². The molecule has 0 aliphatic carbocycles. The van der Waals surface area contributed by atoms with Crippen molar-refractivity contribution in [3.8, 4) is 0 Å². The molecule has 8 heteroatoms. The Morgan fingerprint density at radius 1 is 1.28 bits per heavy atom. The van der Waals surface area contributed by atoms with Gasteiger partial charge in [0.05, 0.1) is 0 Å². The lowest BCUT2D eigenvalue weighted by Gasteiger charge is -2.05. The van der Waals surface area contributed by atoms with E-state index >= 15 is 0 Å². The molecule has 2 aromatic rings. The first-order valence-corrected chi connectivity index (χ1v) is 8.03. The van der Waals surface area contributed by atoms with E-state index in [1.54, 1.807) is 19.2 Å². The second kappa shape index (κ2) is 9.63. The van der Waals surface area contributed by atoms with Crippen LogP contribution in [0.4, 0.5) is 4.39 Å². The van der Waals surface area contributed by atoms with Crippen LogP contribution in [-0.4, -0.2) is 41.3 Å². The zero-order chi connectivity index (χ0) is 18.1. The van der Waals surface area contributed by atoms with Crippen LogP contribution >= 0.6 is 0 Å². The Labute approximate surface area is 144 Å². The van der Waals surface area contributed by atoms with Crippen LogP contribution in [0, 0.1) is 5.82 Å². The molecule has 2 rings (SSSR count). The minimum atomic E-state index is -0.362. The fourth-order valence-electron chi connectivity index (χ4n) is 2.20. The Balaban J connectivity index is 1.85. The SMILES string of the molecule is COCCCNC(=O)CCc1nnc(Cc2ccc(F)cc2)[nH]c1=O. The Bertz CT molecular complexity index is 746. The zero-order valence-corrected chi connectivity index (χ0v) is 14.0. The highest BCUT2D eigenvalue weighted by molar-refractivity contribution is 5.76. The molecule has 1 heterocycles. The summed E-state index contributed by atoms with van der Waals surface area (Å²) >= 11 is 0. The molecule has 0 saturated heterocycles. The summed E-state index contributed by atoms with van der Waals surface area (Å²) < 4.78 is 17.8. The summed E-state index contributed by atoms with van der Waals surface area (Å²) in [4.78, 5) is 26.4. The number of carbonyl (C=O) groups excluding carboxylic acids is 1. The van der Waals surface area contributed by atoms with Crippen molar-refractivity contribution in [2.24, 2.45) is 0 Å². The Hall–Kier alpha value is -2.61. The van der Waals surface area contributed by atoms with Crippen LogP contribution in [0.3, 0.4) is 0 Å². The lowest BCUT2D eigenvalue weighted by molar-refractivity contribution is -0.121. The average Bonchev–Trinajstić information content (AvgIpc) is 2.60. The summed E-state index contributed by atoms with van der Waals surface area (Å²) in [5.41, 5.74) is 0.670. The molecule has 2 N–H and O–H groups in total. The number of nitrogens with one attached hydrogen (secondary N) is 2. The van der Waals surface area contributed by atoms with E-state index in [2.05, 4.69) is 20.5 Å². The number of aryl methyl sites for hydroxylation is 1. The molecule has 0 aliphatic heterocycles. The molecule has 1 aromatic carbocycles. The van der Waals surface area contributed by atoms with Crippen LogP contribution in [0.15, 0.2) is 29.1 Å². The first-order valence-electron chi connectivity index (χ1n) is 8.03. The molecule has 0 fully saturated rings. The quantitative estimate of drug-likeness (QED) is 0.659. The van der Waals surface area contributed by atoms with Crippen molar-refractivity contribution in [2.75, 3.05) is 20.3 Å². The van der Waals surface area contributed by atoms with Gasteiger partial charge in [0.2, 0.25) is 5.91 Å². The molecule has 1 aromatic heterocycles. The number of carbonyl (C=O) groups is 1. The van der Waals surface area contributed by atoms with Crippen LogP contribution in [0.2, 0.25) is 0 Å². The fraction of sp³-hybridized carbons (Fsp3) is 0.412. The van der Waals surface area contributed by atoms with E-state index < -0.39 is 0 Å². The molecule has 0 unspecified atom stereocenters. The number of rotatable bonds is 9. The van der Waals surface area contributed by atoms with Crippen molar-refractivity contribution in [3.05, 3.63) is 57.5 Å². The number of amides is 1. The molecular weight excluding hydrogens is 327 g/mol. The number of ether oxygens (including phenoxy) is 1. The summed E-state index contributed by atoms with van der Waals surface area (Å²) in [5, 5.41) is 10.6. The summed E-state index contributed by atoms with van der Waals surface area (Å²) in [7, 11) is 1.60. The van der Waals surface area contributed by atoms with Gasteiger partial charge in [0.15, 0.2) is 0 Å². The third-order valence-electron chi connectivity index (χ3n) is 3.53. The van der Waals surface area contributed by atoms with Gasteiger partial charge in [-0.25, -0.2) is 4.39 Å². The summed E-state index contributed by atoms with van der Waals surface area (Å²) in [5.74, 6) is -0.0729. The zero-order valence-electron chi connectivity index (χ0n) is 14.0. The highest BCUT2D eigenvalue weighted by atomic mass is 19.1. The molecule has 0 radical (unpaired) electrons. The van der Waals surface area contributed by atoms with Crippen molar-refractivity contribution in [1.82, 2.24) is 20.5 Å². The van der Waals surface area contributed by atoms with E-state index in [1.807, 2.05) is 0 Å². The molecule has 0 aliphatic rings. The number of nitrogens with zero attached hydrogens (tertiary/aromatic N) is 2. The number of halogens is 1.